The molecule has 1 aliphatic heterocycles. The first-order valence-corrected chi connectivity index (χ1v) is 8.93. The van der Waals surface area contributed by atoms with Gasteiger partial charge in [0.05, 0.1) is 11.3 Å². The van der Waals surface area contributed by atoms with Crippen LogP contribution >= 0.6 is 0 Å². The van der Waals surface area contributed by atoms with Crippen molar-refractivity contribution in [2.75, 3.05) is 5.32 Å². The van der Waals surface area contributed by atoms with E-state index in [1.54, 1.807) is 24.4 Å². The van der Waals surface area contributed by atoms with Crippen molar-refractivity contribution in [1.82, 2.24) is 4.98 Å². The number of pyridine rings is 1. The largest absolute Gasteiger partial charge is 0.471 e. The molecular weight excluding hydrogens is 338 g/mol. The van der Waals surface area contributed by atoms with Crippen LogP contribution < -0.4 is 5.32 Å². The maximum Gasteiger partial charge on any atom is 0.274 e. The van der Waals surface area contributed by atoms with E-state index in [1.807, 2.05) is 36.4 Å². The number of hydrogen-bond acceptors (Lipinski definition) is 4. The molecule has 132 valence electrons. The average Bonchev–Trinajstić information content (AvgIpc) is 3.27. The van der Waals surface area contributed by atoms with E-state index < -0.39 is 0 Å². The maximum absolute atomic E-state index is 12.5. The third-order valence-electron chi connectivity index (χ3n) is 4.97. The van der Waals surface area contributed by atoms with Crippen molar-refractivity contribution in [3.05, 3.63) is 95.3 Å². The fourth-order valence-electron chi connectivity index (χ4n) is 3.69. The van der Waals surface area contributed by atoms with Crippen LogP contribution in [0.2, 0.25) is 0 Å². The second-order valence-corrected chi connectivity index (χ2v) is 6.65. The molecule has 27 heavy (non-hydrogen) atoms. The average molecular weight is 355 g/mol. The fourth-order valence-corrected chi connectivity index (χ4v) is 3.69. The third kappa shape index (κ3) is 2.77. The van der Waals surface area contributed by atoms with Gasteiger partial charge in [0.2, 0.25) is 5.90 Å². The van der Waals surface area contributed by atoms with E-state index in [2.05, 4.69) is 22.4 Å². The zero-order chi connectivity index (χ0) is 18.2. The van der Waals surface area contributed by atoms with E-state index in [4.69, 9.17) is 9.73 Å². The topological polar surface area (TPSA) is 63.6 Å². The highest BCUT2D eigenvalue weighted by atomic mass is 16.5. The molecule has 0 radical (unpaired) electrons. The SMILES string of the molecule is O=C(Nc1ccccc1C1=N[C@H]2c3ccccc3C[C@H]2O1)c1ccccn1. The molecule has 1 amide bonds. The Labute approximate surface area is 156 Å². The maximum atomic E-state index is 12.5. The number of para-hydroxylation sites is 1. The summed E-state index contributed by atoms with van der Waals surface area (Å²) in [6.45, 7) is 0. The number of hydrogen-bond donors (Lipinski definition) is 1. The first-order chi connectivity index (χ1) is 13.3. The van der Waals surface area contributed by atoms with E-state index in [-0.39, 0.29) is 18.1 Å². The van der Waals surface area contributed by atoms with Crippen molar-refractivity contribution < 1.29 is 9.53 Å². The van der Waals surface area contributed by atoms with Gasteiger partial charge in [-0.3, -0.25) is 9.78 Å². The van der Waals surface area contributed by atoms with Crippen LogP contribution in [-0.4, -0.2) is 22.9 Å². The number of nitrogens with one attached hydrogen (secondary N) is 1. The number of carbonyl (C=O) groups is 1. The number of aromatic nitrogens is 1. The van der Waals surface area contributed by atoms with Crippen LogP contribution in [0.1, 0.15) is 33.2 Å². The minimum absolute atomic E-state index is 0.0238. The molecule has 2 aliphatic rings. The van der Waals surface area contributed by atoms with Crippen molar-refractivity contribution >= 4 is 17.5 Å². The summed E-state index contributed by atoms with van der Waals surface area (Å²) in [4.78, 5) is 21.4. The highest BCUT2D eigenvalue weighted by Crippen LogP contribution is 2.41. The summed E-state index contributed by atoms with van der Waals surface area (Å²) in [5.74, 6) is 0.323. The number of ether oxygens (including phenoxy) is 1. The quantitative estimate of drug-likeness (QED) is 0.778. The van der Waals surface area contributed by atoms with Gasteiger partial charge in [0.1, 0.15) is 17.8 Å². The molecular formula is C22H17N3O2. The normalized spacial score (nSPS) is 19.6. The van der Waals surface area contributed by atoms with Gasteiger partial charge < -0.3 is 10.1 Å². The molecule has 0 fully saturated rings. The summed E-state index contributed by atoms with van der Waals surface area (Å²) in [5.41, 5.74) is 4.35. The molecule has 0 bridgehead atoms. The summed E-state index contributed by atoms with van der Waals surface area (Å²) < 4.78 is 6.16. The molecule has 0 saturated carbocycles. The van der Waals surface area contributed by atoms with Crippen LogP contribution in [0.4, 0.5) is 5.69 Å². The molecule has 1 aliphatic carbocycles. The molecule has 2 heterocycles. The van der Waals surface area contributed by atoms with Gasteiger partial charge in [-0.1, -0.05) is 42.5 Å². The smallest absolute Gasteiger partial charge is 0.274 e. The molecule has 2 atom stereocenters. The van der Waals surface area contributed by atoms with Gasteiger partial charge in [-0.25, -0.2) is 4.99 Å². The van der Waals surface area contributed by atoms with Gasteiger partial charge >= 0.3 is 0 Å². The summed E-state index contributed by atoms with van der Waals surface area (Å²) >= 11 is 0. The molecule has 2 aromatic carbocycles. The molecule has 5 nitrogen and oxygen atoms in total. The number of amides is 1. The second-order valence-electron chi connectivity index (χ2n) is 6.65. The van der Waals surface area contributed by atoms with E-state index in [1.165, 1.54) is 11.1 Å². The second kappa shape index (κ2) is 6.36. The van der Waals surface area contributed by atoms with Crippen molar-refractivity contribution in [2.45, 2.75) is 18.6 Å². The van der Waals surface area contributed by atoms with E-state index in [0.29, 0.717) is 17.3 Å². The number of rotatable bonds is 3. The Morgan fingerprint density at radius 3 is 2.70 bits per heavy atom. The number of carbonyl (C=O) groups excluding carboxylic acids is 1. The third-order valence-corrected chi connectivity index (χ3v) is 4.97. The Bertz CT molecular complexity index is 1050. The molecule has 3 aromatic rings. The van der Waals surface area contributed by atoms with Gasteiger partial charge in [0, 0.05) is 12.6 Å². The van der Waals surface area contributed by atoms with E-state index in [9.17, 15) is 4.79 Å². The molecule has 0 saturated heterocycles. The number of benzene rings is 2. The Balaban J connectivity index is 1.45. The molecule has 1 N–H and O–H groups in total. The monoisotopic (exact) mass is 355 g/mol. The lowest BCUT2D eigenvalue weighted by molar-refractivity contribution is 0.102. The lowest BCUT2D eigenvalue weighted by Gasteiger charge is -2.12. The molecule has 5 rings (SSSR count). The Morgan fingerprint density at radius 2 is 1.81 bits per heavy atom. The van der Waals surface area contributed by atoms with Gasteiger partial charge in [-0.05, 0) is 35.4 Å². The zero-order valence-corrected chi connectivity index (χ0v) is 14.5. The van der Waals surface area contributed by atoms with Gasteiger partial charge in [-0.15, -0.1) is 0 Å². The van der Waals surface area contributed by atoms with Crippen LogP contribution in [0.25, 0.3) is 0 Å². The lowest BCUT2D eigenvalue weighted by atomic mass is 10.1. The van der Waals surface area contributed by atoms with Crippen molar-refractivity contribution in [1.29, 1.82) is 0 Å². The minimum Gasteiger partial charge on any atom is -0.471 e. The Morgan fingerprint density at radius 1 is 1.00 bits per heavy atom. The first-order valence-electron chi connectivity index (χ1n) is 8.93. The number of nitrogens with zero attached hydrogens (tertiary/aromatic N) is 2. The number of aliphatic imine (C=N–C) groups is 1. The Kier molecular flexibility index (Phi) is 3.71. The Hall–Kier alpha value is -3.47. The van der Waals surface area contributed by atoms with Crippen LogP contribution in [0, 0.1) is 0 Å². The summed E-state index contributed by atoms with van der Waals surface area (Å²) in [6, 6.07) is 21.2. The molecule has 1 aromatic heterocycles. The minimum atomic E-state index is -0.257. The van der Waals surface area contributed by atoms with E-state index >= 15 is 0 Å². The summed E-state index contributed by atoms with van der Waals surface area (Å²) in [7, 11) is 0. The zero-order valence-electron chi connectivity index (χ0n) is 14.5. The molecule has 5 heteroatoms. The highest BCUT2D eigenvalue weighted by molar-refractivity contribution is 6.08. The summed E-state index contributed by atoms with van der Waals surface area (Å²) in [6.07, 6.45) is 2.48. The predicted octanol–water partition coefficient (Wildman–Crippen LogP) is 3.78. The van der Waals surface area contributed by atoms with Crippen LogP contribution in [0.5, 0.6) is 0 Å². The number of anilines is 1. The van der Waals surface area contributed by atoms with Crippen molar-refractivity contribution in [2.24, 2.45) is 4.99 Å². The van der Waals surface area contributed by atoms with Crippen molar-refractivity contribution in [3.8, 4) is 0 Å². The highest BCUT2D eigenvalue weighted by Gasteiger charge is 2.39. The van der Waals surface area contributed by atoms with Crippen LogP contribution in [0.15, 0.2) is 77.9 Å². The van der Waals surface area contributed by atoms with Crippen LogP contribution in [-0.2, 0) is 11.2 Å². The van der Waals surface area contributed by atoms with E-state index in [0.717, 1.165) is 12.0 Å². The van der Waals surface area contributed by atoms with Crippen molar-refractivity contribution in [3.63, 3.8) is 0 Å². The fraction of sp³-hybridized carbons (Fsp3) is 0.136. The van der Waals surface area contributed by atoms with Gasteiger partial charge in [0.25, 0.3) is 5.91 Å². The molecule has 0 spiro atoms. The van der Waals surface area contributed by atoms with Gasteiger partial charge in [0.15, 0.2) is 0 Å². The van der Waals surface area contributed by atoms with Gasteiger partial charge in [-0.2, -0.15) is 0 Å². The predicted molar refractivity (Wildman–Crippen MR) is 103 cm³/mol. The first kappa shape index (κ1) is 15.8. The number of fused-ring (bicyclic) bond motifs is 3. The molecule has 0 unspecified atom stereocenters. The lowest BCUT2D eigenvalue weighted by Crippen LogP contribution is -2.18. The standard InChI is InChI=1S/C22H17N3O2/c26-21(18-11-5-6-12-23-18)24-17-10-4-3-9-16(17)22-25-20-15-8-2-1-7-14(15)13-19(20)27-22/h1-12,19-20H,13H2,(H,24,26)/t19-,20+/m1/s1. The van der Waals surface area contributed by atoms with Crippen LogP contribution in [0.3, 0.4) is 0 Å². The summed E-state index contributed by atoms with van der Waals surface area (Å²) in [5, 5.41) is 2.93.